The molecule has 1 heterocycles. The second-order valence-electron chi connectivity index (χ2n) is 7.67. The van der Waals surface area contributed by atoms with Crippen LogP contribution in [0.4, 0.5) is 4.79 Å². The van der Waals surface area contributed by atoms with Crippen molar-refractivity contribution in [1.82, 2.24) is 5.32 Å². The standard InChI is InChI=1S/C21H23NO4/c1-21(2)12-15-10-13(4-6-16(15)19(21)22-20(23)24)14-5-7-17-18(11-14)26-9-3-8-25-17/h4-7,10-11,19,22H,3,8-9,12H2,1-2H3,(H,23,24). The van der Waals surface area contributed by atoms with E-state index in [0.717, 1.165) is 41.0 Å². The van der Waals surface area contributed by atoms with E-state index < -0.39 is 6.09 Å². The summed E-state index contributed by atoms with van der Waals surface area (Å²) in [4.78, 5) is 11.2. The van der Waals surface area contributed by atoms with E-state index in [-0.39, 0.29) is 11.5 Å². The maximum Gasteiger partial charge on any atom is 0.405 e. The number of nitrogens with one attached hydrogen (secondary N) is 1. The van der Waals surface area contributed by atoms with Gasteiger partial charge in [0.1, 0.15) is 0 Å². The Labute approximate surface area is 152 Å². The van der Waals surface area contributed by atoms with Crippen molar-refractivity contribution in [2.45, 2.75) is 32.7 Å². The van der Waals surface area contributed by atoms with Gasteiger partial charge in [0.25, 0.3) is 0 Å². The van der Waals surface area contributed by atoms with Gasteiger partial charge in [0.2, 0.25) is 0 Å². The molecule has 2 N–H and O–H groups in total. The molecule has 4 rings (SSSR count). The minimum Gasteiger partial charge on any atom is -0.490 e. The van der Waals surface area contributed by atoms with Gasteiger partial charge in [-0.25, -0.2) is 4.79 Å². The summed E-state index contributed by atoms with van der Waals surface area (Å²) < 4.78 is 11.5. The van der Waals surface area contributed by atoms with Crippen LogP contribution in [0.2, 0.25) is 0 Å². The third-order valence-corrected chi connectivity index (χ3v) is 5.23. The quantitative estimate of drug-likeness (QED) is 0.839. The fourth-order valence-electron chi connectivity index (χ4n) is 3.97. The van der Waals surface area contributed by atoms with Crippen LogP contribution in [0.1, 0.15) is 37.4 Å². The first-order chi connectivity index (χ1) is 12.4. The number of benzene rings is 2. The second kappa shape index (κ2) is 6.24. The molecule has 0 aromatic heterocycles. The Morgan fingerprint density at radius 2 is 1.77 bits per heavy atom. The molecule has 2 aromatic carbocycles. The van der Waals surface area contributed by atoms with Crippen molar-refractivity contribution in [2.24, 2.45) is 5.41 Å². The van der Waals surface area contributed by atoms with E-state index in [1.54, 1.807) is 0 Å². The van der Waals surface area contributed by atoms with Gasteiger partial charge in [0.05, 0.1) is 19.3 Å². The van der Waals surface area contributed by atoms with Gasteiger partial charge in [-0.05, 0) is 46.2 Å². The molecule has 1 aliphatic carbocycles. The maximum absolute atomic E-state index is 11.2. The zero-order chi connectivity index (χ0) is 18.3. The van der Waals surface area contributed by atoms with Crippen LogP contribution in [0.5, 0.6) is 11.5 Å². The van der Waals surface area contributed by atoms with Gasteiger partial charge in [-0.3, -0.25) is 0 Å². The summed E-state index contributed by atoms with van der Waals surface area (Å²) in [7, 11) is 0. The highest BCUT2D eigenvalue weighted by Gasteiger charge is 2.40. The number of fused-ring (bicyclic) bond motifs is 2. The van der Waals surface area contributed by atoms with Crippen molar-refractivity contribution in [1.29, 1.82) is 0 Å². The van der Waals surface area contributed by atoms with Gasteiger partial charge < -0.3 is 19.9 Å². The first-order valence-electron chi connectivity index (χ1n) is 8.96. The van der Waals surface area contributed by atoms with Gasteiger partial charge in [-0.1, -0.05) is 38.1 Å². The molecule has 1 atom stereocenters. The summed E-state index contributed by atoms with van der Waals surface area (Å²) in [5.41, 5.74) is 4.29. The summed E-state index contributed by atoms with van der Waals surface area (Å²) >= 11 is 0. The highest BCUT2D eigenvalue weighted by atomic mass is 16.5. The molecule has 0 fully saturated rings. The number of carboxylic acid groups (broad SMARTS) is 1. The Morgan fingerprint density at radius 1 is 1.08 bits per heavy atom. The summed E-state index contributed by atoms with van der Waals surface area (Å²) in [6, 6.07) is 12.1. The zero-order valence-electron chi connectivity index (χ0n) is 15.0. The number of amides is 1. The molecule has 1 amide bonds. The summed E-state index contributed by atoms with van der Waals surface area (Å²) in [6.07, 6.45) is 0.740. The molecule has 1 unspecified atom stereocenters. The normalized spacial score (nSPS) is 20.2. The maximum atomic E-state index is 11.2. The van der Waals surface area contributed by atoms with Gasteiger partial charge >= 0.3 is 6.09 Å². The fourth-order valence-corrected chi connectivity index (χ4v) is 3.97. The predicted molar refractivity (Wildman–Crippen MR) is 98.9 cm³/mol. The molecule has 136 valence electrons. The Hall–Kier alpha value is -2.69. The summed E-state index contributed by atoms with van der Waals surface area (Å²) in [6.45, 7) is 5.54. The number of ether oxygens (including phenoxy) is 2. The molecule has 0 spiro atoms. The van der Waals surface area contributed by atoms with Crippen LogP contribution in [0.3, 0.4) is 0 Å². The number of rotatable bonds is 2. The predicted octanol–water partition coefficient (Wildman–Crippen LogP) is 4.41. The zero-order valence-corrected chi connectivity index (χ0v) is 15.0. The first-order valence-corrected chi connectivity index (χ1v) is 8.96. The van der Waals surface area contributed by atoms with E-state index in [2.05, 4.69) is 31.3 Å². The van der Waals surface area contributed by atoms with E-state index in [0.29, 0.717) is 13.2 Å². The van der Waals surface area contributed by atoms with Crippen molar-refractivity contribution < 1.29 is 19.4 Å². The van der Waals surface area contributed by atoms with Gasteiger partial charge in [0, 0.05) is 6.42 Å². The Kier molecular flexibility index (Phi) is 4.02. The minimum atomic E-state index is -0.983. The van der Waals surface area contributed by atoms with E-state index in [9.17, 15) is 4.79 Å². The van der Waals surface area contributed by atoms with Crippen molar-refractivity contribution in [3.8, 4) is 22.6 Å². The van der Waals surface area contributed by atoms with E-state index in [1.165, 1.54) is 5.56 Å². The second-order valence-corrected chi connectivity index (χ2v) is 7.67. The molecule has 0 radical (unpaired) electrons. The average molecular weight is 353 g/mol. The summed E-state index contributed by atoms with van der Waals surface area (Å²) in [5, 5.41) is 11.8. The monoisotopic (exact) mass is 353 g/mol. The van der Waals surface area contributed by atoms with Crippen LogP contribution in [0.15, 0.2) is 36.4 Å². The van der Waals surface area contributed by atoms with Crippen LogP contribution in [0.25, 0.3) is 11.1 Å². The molecular weight excluding hydrogens is 330 g/mol. The van der Waals surface area contributed by atoms with Crippen molar-refractivity contribution in [2.75, 3.05) is 13.2 Å². The van der Waals surface area contributed by atoms with Crippen molar-refractivity contribution >= 4 is 6.09 Å². The lowest BCUT2D eigenvalue weighted by atomic mass is 9.85. The molecule has 26 heavy (non-hydrogen) atoms. The van der Waals surface area contributed by atoms with E-state index >= 15 is 0 Å². The number of hydrogen-bond acceptors (Lipinski definition) is 3. The topological polar surface area (TPSA) is 67.8 Å². The van der Waals surface area contributed by atoms with Gasteiger partial charge in [-0.15, -0.1) is 0 Å². The summed E-state index contributed by atoms with van der Waals surface area (Å²) in [5.74, 6) is 1.57. The largest absolute Gasteiger partial charge is 0.490 e. The molecule has 0 saturated carbocycles. The lowest BCUT2D eigenvalue weighted by Crippen LogP contribution is -2.34. The smallest absolute Gasteiger partial charge is 0.405 e. The number of carbonyl (C=O) groups is 1. The molecular formula is C21H23NO4. The van der Waals surface area contributed by atoms with Crippen molar-refractivity contribution in [3.05, 3.63) is 47.5 Å². The van der Waals surface area contributed by atoms with Crippen LogP contribution < -0.4 is 14.8 Å². The highest BCUT2D eigenvalue weighted by Crippen LogP contribution is 2.46. The highest BCUT2D eigenvalue weighted by molar-refractivity contribution is 5.70. The van der Waals surface area contributed by atoms with Crippen LogP contribution in [-0.4, -0.2) is 24.4 Å². The van der Waals surface area contributed by atoms with Crippen molar-refractivity contribution in [3.63, 3.8) is 0 Å². The van der Waals surface area contributed by atoms with Crippen LogP contribution >= 0.6 is 0 Å². The third kappa shape index (κ3) is 2.98. The lowest BCUT2D eigenvalue weighted by Gasteiger charge is -2.27. The molecule has 2 aliphatic rings. The molecule has 5 heteroatoms. The molecule has 5 nitrogen and oxygen atoms in total. The molecule has 1 aliphatic heterocycles. The fraction of sp³-hybridized carbons (Fsp3) is 0.381. The Morgan fingerprint density at radius 3 is 2.54 bits per heavy atom. The van der Waals surface area contributed by atoms with Gasteiger partial charge in [0.15, 0.2) is 11.5 Å². The molecule has 2 aromatic rings. The van der Waals surface area contributed by atoms with Crippen LogP contribution in [-0.2, 0) is 6.42 Å². The lowest BCUT2D eigenvalue weighted by molar-refractivity contribution is 0.175. The minimum absolute atomic E-state index is 0.149. The van der Waals surface area contributed by atoms with E-state index in [1.807, 2.05) is 24.3 Å². The third-order valence-electron chi connectivity index (χ3n) is 5.23. The SMILES string of the molecule is CC1(C)Cc2cc(-c3ccc4c(c3)OCCCO4)ccc2C1NC(=O)O. The Bertz CT molecular complexity index is 859. The molecule has 0 bridgehead atoms. The van der Waals surface area contributed by atoms with Crippen LogP contribution in [0, 0.1) is 5.41 Å². The number of hydrogen-bond donors (Lipinski definition) is 2. The molecule has 0 saturated heterocycles. The average Bonchev–Trinajstić information content (AvgIpc) is 2.75. The van der Waals surface area contributed by atoms with E-state index in [4.69, 9.17) is 14.6 Å². The van der Waals surface area contributed by atoms with Gasteiger partial charge in [-0.2, -0.15) is 0 Å². The Balaban J connectivity index is 1.69. The first kappa shape index (κ1) is 16.8.